The topological polar surface area (TPSA) is 12.0 Å². The summed E-state index contributed by atoms with van der Waals surface area (Å²) in [4.78, 5) is 0. The molecule has 0 aliphatic heterocycles. The van der Waals surface area contributed by atoms with Gasteiger partial charge in [-0.1, -0.05) is 0 Å². The molecule has 0 aliphatic rings. The Morgan fingerprint density at radius 3 is 1.41 bits per heavy atom. The number of benzene rings is 1. The van der Waals surface area contributed by atoms with Crippen molar-refractivity contribution < 1.29 is 35.1 Å². The summed E-state index contributed by atoms with van der Waals surface area (Å²) in [6, 6.07) is 0. The van der Waals surface area contributed by atoms with Crippen LogP contribution in [0.25, 0.3) is 0 Å². The highest BCUT2D eigenvalue weighted by Gasteiger charge is 2.31. The molecule has 1 nitrogen and oxygen atoms in total. The Balaban J connectivity index is 3.16. The number of anilines is 1. The van der Waals surface area contributed by atoms with Gasteiger partial charge in [-0.2, -0.15) is 13.2 Å². The van der Waals surface area contributed by atoms with Crippen molar-refractivity contribution in [3.63, 3.8) is 0 Å². The first-order valence-corrected chi connectivity index (χ1v) is 3.97. The molecule has 1 N–H and O–H groups in total. The zero-order chi connectivity index (χ0) is 13.4. The molecule has 0 unspecified atom stereocenters. The van der Waals surface area contributed by atoms with Gasteiger partial charge in [0, 0.05) is 0 Å². The Morgan fingerprint density at radius 2 is 1.06 bits per heavy atom. The minimum Gasteiger partial charge on any atom is -0.371 e. The van der Waals surface area contributed by atoms with Crippen molar-refractivity contribution in [2.75, 3.05) is 11.9 Å². The molecule has 0 fully saturated rings. The van der Waals surface area contributed by atoms with E-state index in [1.54, 1.807) is 0 Å². The lowest BCUT2D eigenvalue weighted by Gasteiger charge is -2.12. The molecule has 17 heavy (non-hydrogen) atoms. The van der Waals surface area contributed by atoms with E-state index in [0.29, 0.717) is 0 Å². The first-order chi connectivity index (χ1) is 7.65. The molecule has 0 aromatic heterocycles. The molecule has 1 aromatic carbocycles. The second-order valence-corrected chi connectivity index (χ2v) is 2.91. The van der Waals surface area contributed by atoms with Crippen LogP contribution >= 0.6 is 0 Å². The van der Waals surface area contributed by atoms with Gasteiger partial charge in [0.05, 0.1) is 0 Å². The van der Waals surface area contributed by atoms with Crippen LogP contribution in [-0.4, -0.2) is 12.7 Å². The van der Waals surface area contributed by atoms with Gasteiger partial charge in [0.15, 0.2) is 23.3 Å². The molecule has 0 saturated carbocycles. The standard InChI is InChI=1S/C8H3F8N/c9-2-3(10)5(12)7(6(13)4(2)11)17-1-8(14,15)16/h17H,1H2. The van der Waals surface area contributed by atoms with Crippen LogP contribution in [0.2, 0.25) is 0 Å². The Morgan fingerprint density at radius 1 is 0.706 bits per heavy atom. The zero-order valence-electron chi connectivity index (χ0n) is 7.73. The first-order valence-electron chi connectivity index (χ1n) is 3.97. The van der Waals surface area contributed by atoms with Crippen LogP contribution < -0.4 is 5.32 Å². The summed E-state index contributed by atoms with van der Waals surface area (Å²) >= 11 is 0. The fourth-order valence-electron chi connectivity index (χ4n) is 0.949. The fourth-order valence-corrected chi connectivity index (χ4v) is 0.949. The molecule has 1 aromatic rings. The molecule has 0 saturated heterocycles. The van der Waals surface area contributed by atoms with Crippen LogP contribution in [0.1, 0.15) is 0 Å². The molecule has 96 valence electrons. The number of halogens is 8. The summed E-state index contributed by atoms with van der Waals surface area (Å²) in [6.45, 7) is -1.93. The minimum atomic E-state index is -4.86. The van der Waals surface area contributed by atoms with Gasteiger partial charge in [0.1, 0.15) is 12.2 Å². The third kappa shape index (κ3) is 2.77. The predicted octanol–water partition coefficient (Wildman–Crippen LogP) is 3.36. The lowest BCUT2D eigenvalue weighted by Crippen LogP contribution is -2.23. The van der Waals surface area contributed by atoms with E-state index in [2.05, 4.69) is 0 Å². The van der Waals surface area contributed by atoms with Crippen molar-refractivity contribution >= 4 is 5.69 Å². The largest absolute Gasteiger partial charge is 0.405 e. The van der Waals surface area contributed by atoms with E-state index >= 15 is 0 Å². The Kier molecular flexibility index (Phi) is 3.48. The molecule has 0 atom stereocenters. The summed E-state index contributed by atoms with van der Waals surface area (Å²) in [6.07, 6.45) is -4.86. The van der Waals surface area contributed by atoms with Crippen molar-refractivity contribution in [1.82, 2.24) is 0 Å². The van der Waals surface area contributed by atoms with Crippen LogP contribution in [0.3, 0.4) is 0 Å². The van der Waals surface area contributed by atoms with Gasteiger partial charge in [-0.25, -0.2) is 22.0 Å². The lowest BCUT2D eigenvalue weighted by atomic mass is 10.2. The zero-order valence-corrected chi connectivity index (χ0v) is 7.73. The highest BCUT2D eigenvalue weighted by Crippen LogP contribution is 2.28. The molecular formula is C8H3F8N. The number of nitrogens with one attached hydrogen (secondary N) is 1. The first kappa shape index (κ1) is 13.5. The summed E-state index contributed by atoms with van der Waals surface area (Å²) in [5.41, 5.74) is -1.71. The number of alkyl halides is 3. The predicted molar refractivity (Wildman–Crippen MR) is 40.8 cm³/mol. The molecular weight excluding hydrogens is 262 g/mol. The van der Waals surface area contributed by atoms with Gasteiger partial charge in [0.2, 0.25) is 5.82 Å². The number of hydrogen-bond acceptors (Lipinski definition) is 1. The Hall–Kier alpha value is -1.54. The Bertz CT molecular complexity index is 409. The molecule has 0 heterocycles. The van der Waals surface area contributed by atoms with E-state index in [9.17, 15) is 35.1 Å². The summed E-state index contributed by atoms with van der Waals surface area (Å²) in [5.74, 6) is -11.7. The molecule has 0 spiro atoms. The molecule has 0 radical (unpaired) electrons. The van der Waals surface area contributed by atoms with Gasteiger partial charge >= 0.3 is 6.18 Å². The van der Waals surface area contributed by atoms with E-state index in [1.807, 2.05) is 0 Å². The quantitative estimate of drug-likeness (QED) is 0.491. The van der Waals surface area contributed by atoms with Crippen LogP contribution in [-0.2, 0) is 0 Å². The van der Waals surface area contributed by atoms with Crippen molar-refractivity contribution in [3.8, 4) is 0 Å². The summed E-state index contributed by atoms with van der Waals surface area (Å²) in [7, 11) is 0. The highest BCUT2D eigenvalue weighted by atomic mass is 19.4. The molecule has 9 heteroatoms. The maximum atomic E-state index is 12.8. The summed E-state index contributed by atoms with van der Waals surface area (Å²) in [5, 5.41) is 1.11. The minimum absolute atomic E-state index is 1.11. The van der Waals surface area contributed by atoms with E-state index in [1.165, 1.54) is 0 Å². The third-order valence-corrected chi connectivity index (χ3v) is 1.68. The average Bonchev–Trinajstić information content (AvgIpc) is 2.22. The van der Waals surface area contributed by atoms with Crippen molar-refractivity contribution in [3.05, 3.63) is 29.1 Å². The lowest BCUT2D eigenvalue weighted by molar-refractivity contribution is -0.115. The van der Waals surface area contributed by atoms with E-state index < -0.39 is 47.5 Å². The van der Waals surface area contributed by atoms with Gasteiger partial charge in [-0.05, 0) is 0 Å². The number of rotatable bonds is 2. The summed E-state index contributed by atoms with van der Waals surface area (Å²) < 4.78 is 98.4. The van der Waals surface area contributed by atoms with E-state index in [-0.39, 0.29) is 0 Å². The second kappa shape index (κ2) is 4.38. The van der Waals surface area contributed by atoms with Crippen LogP contribution in [0.4, 0.5) is 40.8 Å². The molecule has 0 aliphatic carbocycles. The second-order valence-electron chi connectivity index (χ2n) is 2.91. The maximum Gasteiger partial charge on any atom is 0.405 e. The molecule has 0 bridgehead atoms. The highest BCUT2D eigenvalue weighted by molar-refractivity contribution is 5.47. The molecule has 0 amide bonds. The van der Waals surface area contributed by atoms with Crippen LogP contribution in [0.5, 0.6) is 0 Å². The maximum absolute atomic E-state index is 12.8. The van der Waals surface area contributed by atoms with E-state index in [4.69, 9.17) is 0 Å². The monoisotopic (exact) mass is 265 g/mol. The van der Waals surface area contributed by atoms with Gasteiger partial charge in [-0.15, -0.1) is 0 Å². The average molecular weight is 265 g/mol. The SMILES string of the molecule is Fc1c(F)c(F)c(NCC(F)(F)F)c(F)c1F. The van der Waals surface area contributed by atoms with Crippen LogP contribution in [0, 0.1) is 29.1 Å². The van der Waals surface area contributed by atoms with Crippen molar-refractivity contribution in [2.24, 2.45) is 0 Å². The normalized spacial score (nSPS) is 11.8. The van der Waals surface area contributed by atoms with Crippen LogP contribution in [0.15, 0.2) is 0 Å². The van der Waals surface area contributed by atoms with Gasteiger partial charge in [-0.3, -0.25) is 0 Å². The Labute approximate surface area is 89.0 Å². The van der Waals surface area contributed by atoms with Gasteiger partial charge in [0.25, 0.3) is 0 Å². The third-order valence-electron chi connectivity index (χ3n) is 1.68. The fraction of sp³-hybridized carbons (Fsp3) is 0.250. The molecule has 1 rings (SSSR count). The van der Waals surface area contributed by atoms with Crippen molar-refractivity contribution in [2.45, 2.75) is 6.18 Å². The number of hydrogen-bond donors (Lipinski definition) is 1. The van der Waals surface area contributed by atoms with Gasteiger partial charge < -0.3 is 5.32 Å². The van der Waals surface area contributed by atoms with Crippen molar-refractivity contribution in [1.29, 1.82) is 0 Å². The smallest absolute Gasteiger partial charge is 0.371 e. The van der Waals surface area contributed by atoms with E-state index in [0.717, 1.165) is 5.32 Å².